The van der Waals surface area contributed by atoms with Crippen molar-refractivity contribution >= 4 is 29.7 Å². The van der Waals surface area contributed by atoms with E-state index in [0.717, 1.165) is 6.42 Å². The molecular weight excluding hydrogens is 444 g/mol. The van der Waals surface area contributed by atoms with E-state index < -0.39 is 47.9 Å². The van der Waals surface area contributed by atoms with Crippen LogP contribution in [0.25, 0.3) is 0 Å². The minimum Gasteiger partial charge on any atom is -0.480 e. The number of carbonyl (C=O) groups excluding carboxylic acids is 3. The maximum absolute atomic E-state index is 12.8. The molecule has 0 radical (unpaired) electrons. The quantitative estimate of drug-likeness (QED) is 0.0649. The fraction of sp³-hybridized carbons (Fsp3) is 0.762. The van der Waals surface area contributed by atoms with Gasteiger partial charge in [0.15, 0.2) is 5.96 Å². The second-order valence-corrected chi connectivity index (χ2v) is 8.66. The van der Waals surface area contributed by atoms with Gasteiger partial charge in [0.1, 0.15) is 18.1 Å². The summed E-state index contributed by atoms with van der Waals surface area (Å²) in [6, 6.07) is -3.86. The molecule has 0 aromatic heterocycles. The third-order valence-corrected chi connectivity index (χ3v) is 4.96. The summed E-state index contributed by atoms with van der Waals surface area (Å²) in [6.07, 6.45) is 2.60. The zero-order chi connectivity index (χ0) is 26.3. The molecular formula is C21H42N8O5. The molecule has 12 N–H and O–H groups in total. The lowest BCUT2D eigenvalue weighted by Gasteiger charge is -2.25. The number of amides is 3. The average Bonchev–Trinajstić information content (AvgIpc) is 2.74. The maximum Gasteiger partial charge on any atom is 0.326 e. The topological polar surface area (TPSA) is 241 Å². The molecule has 0 aliphatic rings. The SMILES string of the molecule is CC(C)CC(NC(=O)C(C)NC(=O)C(N)CCCCN)C(=O)NC(CCCN=C(N)N)C(=O)O. The summed E-state index contributed by atoms with van der Waals surface area (Å²) in [7, 11) is 0. The zero-order valence-electron chi connectivity index (χ0n) is 20.4. The first-order chi connectivity index (χ1) is 15.9. The molecule has 0 fully saturated rings. The van der Waals surface area contributed by atoms with Gasteiger partial charge < -0.3 is 44.0 Å². The molecule has 0 aromatic carbocycles. The third-order valence-electron chi connectivity index (χ3n) is 4.96. The lowest BCUT2D eigenvalue weighted by Crippen LogP contribution is -2.56. The van der Waals surface area contributed by atoms with Crippen LogP contribution in [-0.2, 0) is 19.2 Å². The number of carboxylic acid groups (broad SMARTS) is 1. The van der Waals surface area contributed by atoms with Crippen LogP contribution in [-0.4, -0.2) is 72.0 Å². The molecule has 0 aliphatic heterocycles. The van der Waals surface area contributed by atoms with E-state index in [4.69, 9.17) is 22.9 Å². The van der Waals surface area contributed by atoms with Gasteiger partial charge in [0.25, 0.3) is 0 Å². The van der Waals surface area contributed by atoms with Gasteiger partial charge in [0, 0.05) is 6.54 Å². The highest BCUT2D eigenvalue weighted by Crippen LogP contribution is 2.08. The summed E-state index contributed by atoms with van der Waals surface area (Å²) in [5, 5.41) is 17.0. The smallest absolute Gasteiger partial charge is 0.326 e. The fourth-order valence-electron chi connectivity index (χ4n) is 3.06. The van der Waals surface area contributed by atoms with Crippen molar-refractivity contribution in [2.45, 2.75) is 83.5 Å². The van der Waals surface area contributed by atoms with Crippen molar-refractivity contribution in [1.82, 2.24) is 16.0 Å². The van der Waals surface area contributed by atoms with E-state index in [0.29, 0.717) is 25.8 Å². The number of nitrogens with zero attached hydrogens (tertiary/aromatic N) is 1. The Bertz CT molecular complexity index is 697. The number of nitrogens with one attached hydrogen (secondary N) is 3. The molecule has 3 amide bonds. The minimum atomic E-state index is -1.21. The van der Waals surface area contributed by atoms with Gasteiger partial charge in [-0.3, -0.25) is 19.4 Å². The summed E-state index contributed by atoms with van der Waals surface area (Å²) < 4.78 is 0. The summed E-state index contributed by atoms with van der Waals surface area (Å²) in [5.41, 5.74) is 21.8. The molecule has 4 unspecified atom stereocenters. The fourth-order valence-corrected chi connectivity index (χ4v) is 3.06. The van der Waals surface area contributed by atoms with Crippen molar-refractivity contribution in [3.05, 3.63) is 0 Å². The number of hydrogen-bond donors (Lipinski definition) is 8. The zero-order valence-corrected chi connectivity index (χ0v) is 20.4. The Morgan fingerprint density at radius 2 is 1.47 bits per heavy atom. The Morgan fingerprint density at radius 1 is 0.853 bits per heavy atom. The second-order valence-electron chi connectivity index (χ2n) is 8.66. The standard InChI is InChI=1S/C21H42N8O5/c1-12(2)11-16(19(32)28-15(20(33)34)8-6-10-26-21(24)25)29-17(30)13(3)27-18(31)14(23)7-4-5-9-22/h12-16H,4-11,22-23H2,1-3H3,(H,27,31)(H,28,32)(H,29,30)(H,33,34)(H4,24,25,26). The van der Waals surface area contributed by atoms with Gasteiger partial charge in [0.05, 0.1) is 6.04 Å². The summed E-state index contributed by atoms with van der Waals surface area (Å²) in [4.78, 5) is 53.0. The van der Waals surface area contributed by atoms with Crippen molar-refractivity contribution in [3.63, 3.8) is 0 Å². The number of rotatable bonds is 17. The Balaban J connectivity index is 5.02. The first-order valence-corrected chi connectivity index (χ1v) is 11.5. The summed E-state index contributed by atoms with van der Waals surface area (Å²) >= 11 is 0. The number of guanidine groups is 1. The molecule has 0 spiro atoms. The van der Waals surface area contributed by atoms with Gasteiger partial charge >= 0.3 is 5.97 Å². The molecule has 0 saturated carbocycles. The van der Waals surface area contributed by atoms with Crippen LogP contribution in [0.2, 0.25) is 0 Å². The highest BCUT2D eigenvalue weighted by atomic mass is 16.4. The van der Waals surface area contributed by atoms with E-state index in [9.17, 15) is 24.3 Å². The van der Waals surface area contributed by atoms with Crippen LogP contribution >= 0.6 is 0 Å². The number of aliphatic imine (C=N–C) groups is 1. The van der Waals surface area contributed by atoms with Crippen LogP contribution in [0.3, 0.4) is 0 Å². The summed E-state index contributed by atoms with van der Waals surface area (Å²) in [6.45, 7) is 5.93. The van der Waals surface area contributed by atoms with Gasteiger partial charge in [-0.05, 0) is 51.5 Å². The van der Waals surface area contributed by atoms with Crippen LogP contribution in [0, 0.1) is 5.92 Å². The van der Waals surface area contributed by atoms with Crippen LogP contribution in [0.15, 0.2) is 4.99 Å². The van der Waals surface area contributed by atoms with Gasteiger partial charge in [-0.15, -0.1) is 0 Å². The van der Waals surface area contributed by atoms with E-state index in [2.05, 4.69) is 20.9 Å². The Labute approximate surface area is 200 Å². The molecule has 13 nitrogen and oxygen atoms in total. The second kappa shape index (κ2) is 16.6. The summed E-state index contributed by atoms with van der Waals surface area (Å²) in [5.74, 6) is -2.97. The predicted octanol–water partition coefficient (Wildman–Crippen LogP) is -1.90. The van der Waals surface area contributed by atoms with Gasteiger partial charge in [0.2, 0.25) is 17.7 Å². The number of carboxylic acids is 1. The van der Waals surface area contributed by atoms with Crippen molar-refractivity contribution in [2.24, 2.45) is 33.8 Å². The molecule has 34 heavy (non-hydrogen) atoms. The molecule has 4 atom stereocenters. The third kappa shape index (κ3) is 13.6. The molecule has 196 valence electrons. The molecule has 0 saturated heterocycles. The van der Waals surface area contributed by atoms with E-state index in [1.54, 1.807) is 0 Å². The molecule has 13 heteroatoms. The van der Waals surface area contributed by atoms with Gasteiger partial charge in [-0.2, -0.15) is 0 Å². The highest BCUT2D eigenvalue weighted by molar-refractivity contribution is 5.93. The van der Waals surface area contributed by atoms with E-state index in [-0.39, 0.29) is 31.3 Å². The molecule has 0 heterocycles. The lowest BCUT2D eigenvalue weighted by molar-refractivity contribution is -0.142. The number of carbonyl (C=O) groups is 4. The van der Waals surface area contributed by atoms with E-state index in [1.807, 2.05) is 13.8 Å². The van der Waals surface area contributed by atoms with E-state index >= 15 is 0 Å². The maximum atomic E-state index is 12.8. The van der Waals surface area contributed by atoms with E-state index in [1.165, 1.54) is 6.92 Å². The number of unbranched alkanes of at least 4 members (excludes halogenated alkanes) is 1. The van der Waals surface area contributed by atoms with Crippen molar-refractivity contribution < 1.29 is 24.3 Å². The highest BCUT2D eigenvalue weighted by Gasteiger charge is 2.29. The number of nitrogens with two attached hydrogens (primary N) is 4. The predicted molar refractivity (Wildman–Crippen MR) is 129 cm³/mol. The average molecular weight is 487 g/mol. The molecule has 0 aliphatic carbocycles. The largest absolute Gasteiger partial charge is 0.480 e. The first-order valence-electron chi connectivity index (χ1n) is 11.5. The van der Waals surface area contributed by atoms with Crippen LogP contribution < -0.4 is 38.9 Å². The Kier molecular flexibility index (Phi) is 15.2. The monoisotopic (exact) mass is 486 g/mol. The van der Waals surface area contributed by atoms with Crippen LogP contribution in [0.4, 0.5) is 0 Å². The number of aliphatic carboxylic acids is 1. The van der Waals surface area contributed by atoms with Crippen molar-refractivity contribution in [3.8, 4) is 0 Å². The van der Waals surface area contributed by atoms with Gasteiger partial charge in [-0.1, -0.05) is 20.3 Å². The first kappa shape index (κ1) is 31.1. The lowest BCUT2D eigenvalue weighted by atomic mass is 10.0. The number of hydrogen-bond acceptors (Lipinski definition) is 7. The molecule has 0 bridgehead atoms. The molecule has 0 aromatic rings. The van der Waals surface area contributed by atoms with Gasteiger partial charge in [-0.25, -0.2) is 4.79 Å². The van der Waals surface area contributed by atoms with Crippen LogP contribution in [0.1, 0.15) is 59.3 Å². The van der Waals surface area contributed by atoms with Crippen LogP contribution in [0.5, 0.6) is 0 Å². The molecule has 0 rings (SSSR count). The van der Waals surface area contributed by atoms with Crippen molar-refractivity contribution in [1.29, 1.82) is 0 Å². The minimum absolute atomic E-state index is 0.0297. The normalized spacial score (nSPS) is 14.4. The Morgan fingerprint density at radius 3 is 2.00 bits per heavy atom. The Hall–Kier alpha value is -2.93. The van der Waals surface area contributed by atoms with Crippen molar-refractivity contribution in [2.75, 3.05) is 13.1 Å².